The molecule has 0 unspecified atom stereocenters. The highest BCUT2D eigenvalue weighted by Gasteiger charge is 2.50. The number of nitriles is 1. The van der Waals surface area contributed by atoms with Crippen molar-refractivity contribution in [3.63, 3.8) is 0 Å². The normalized spacial score (nSPS) is 27.7. The van der Waals surface area contributed by atoms with Crippen LogP contribution in [-0.2, 0) is 5.92 Å². The van der Waals surface area contributed by atoms with Crippen LogP contribution in [0.2, 0.25) is 0 Å². The highest BCUT2D eigenvalue weighted by Crippen LogP contribution is 2.56. The van der Waals surface area contributed by atoms with Crippen LogP contribution in [0.4, 0.5) is 33.6 Å². The number of allylic oxidation sites excluding steroid dienone is 1. The smallest absolute Gasteiger partial charge is 0.278 e. The van der Waals surface area contributed by atoms with Crippen LogP contribution in [0.15, 0.2) is 42.4 Å². The van der Waals surface area contributed by atoms with E-state index in [2.05, 4.69) is 27.9 Å². The molecule has 45 heavy (non-hydrogen) atoms. The average molecular weight is 627 g/mol. The predicted octanol–water partition coefficient (Wildman–Crippen LogP) is 8.21. The molecule has 11 heteroatoms. The Morgan fingerprint density at radius 2 is 1.73 bits per heavy atom. The molecule has 0 radical (unpaired) electrons. The van der Waals surface area contributed by atoms with Crippen LogP contribution in [0.3, 0.4) is 0 Å². The topological polar surface area (TPSA) is 68.1 Å². The van der Waals surface area contributed by atoms with Crippen molar-refractivity contribution >= 4 is 17.7 Å². The molecule has 5 heterocycles. The van der Waals surface area contributed by atoms with Crippen LogP contribution in [0.1, 0.15) is 87.4 Å². The summed E-state index contributed by atoms with van der Waals surface area (Å²) in [5.74, 6) is -7.56. The van der Waals surface area contributed by atoms with Crippen LogP contribution in [0.5, 0.6) is 0 Å². The summed E-state index contributed by atoms with van der Waals surface area (Å²) in [7, 11) is 0. The zero-order valence-electron chi connectivity index (χ0n) is 25.6. The Morgan fingerprint density at radius 3 is 2.44 bits per heavy atom. The molecule has 1 aromatic heterocycles. The molecule has 1 atom stereocenters. The van der Waals surface area contributed by atoms with Gasteiger partial charge in [0.1, 0.15) is 23.8 Å². The second-order valence-corrected chi connectivity index (χ2v) is 13.1. The molecule has 4 aliphatic heterocycles. The lowest BCUT2D eigenvalue weighted by atomic mass is 9.85. The number of nitrogens with zero attached hydrogens (tertiary/aromatic N) is 5. The maximum absolute atomic E-state index is 16.0. The number of nitrogens with one attached hydrogen (secondary N) is 1. The molecule has 1 aliphatic carbocycles. The van der Waals surface area contributed by atoms with E-state index in [9.17, 15) is 14.0 Å². The van der Waals surface area contributed by atoms with Crippen LogP contribution >= 0.6 is 0 Å². The first-order valence-corrected chi connectivity index (χ1v) is 15.9. The number of fused-ring (bicyclic) bond motifs is 10. The number of hydrogen-bond donors (Lipinski definition) is 1. The van der Waals surface area contributed by atoms with Gasteiger partial charge in [-0.1, -0.05) is 37.6 Å². The van der Waals surface area contributed by atoms with Gasteiger partial charge in [0.2, 0.25) is 0 Å². The fraction of sp³-hybridized carbons (Fsp3) is 0.559. The number of benzene rings is 1. The molecule has 0 spiro atoms. The van der Waals surface area contributed by atoms with Gasteiger partial charge in [0.15, 0.2) is 0 Å². The summed E-state index contributed by atoms with van der Waals surface area (Å²) in [6, 6.07) is 5.73. The molecule has 8 bridgehead atoms. The van der Waals surface area contributed by atoms with Crippen LogP contribution in [-0.4, -0.2) is 47.0 Å². The molecule has 6 nitrogen and oxygen atoms in total. The van der Waals surface area contributed by atoms with Gasteiger partial charge in [-0.2, -0.15) is 5.26 Å². The van der Waals surface area contributed by atoms with E-state index in [0.717, 1.165) is 18.1 Å². The first kappa shape index (κ1) is 31.5. The number of hydrogen-bond acceptors (Lipinski definition) is 6. The third-order valence-corrected chi connectivity index (χ3v) is 9.96. The van der Waals surface area contributed by atoms with Gasteiger partial charge in [0.05, 0.1) is 35.2 Å². The Labute approximate surface area is 261 Å². The molecule has 240 valence electrons. The number of anilines is 2. The van der Waals surface area contributed by atoms with Gasteiger partial charge in [0.25, 0.3) is 11.8 Å². The third-order valence-electron chi connectivity index (χ3n) is 9.96. The van der Waals surface area contributed by atoms with Crippen LogP contribution in [0.25, 0.3) is 6.08 Å². The minimum absolute atomic E-state index is 0.00821. The van der Waals surface area contributed by atoms with Crippen molar-refractivity contribution < 1.29 is 22.0 Å². The number of halogens is 5. The van der Waals surface area contributed by atoms with Crippen molar-refractivity contribution in [3.8, 4) is 6.07 Å². The summed E-state index contributed by atoms with van der Waals surface area (Å²) in [6.45, 7) is 6.31. The summed E-state index contributed by atoms with van der Waals surface area (Å²) in [6.07, 6.45) is 6.81. The zero-order valence-corrected chi connectivity index (χ0v) is 25.6. The Hall–Kier alpha value is -3.52. The second-order valence-electron chi connectivity index (χ2n) is 13.1. The van der Waals surface area contributed by atoms with Crippen molar-refractivity contribution in [1.82, 2.24) is 14.9 Å². The average Bonchev–Trinajstić information content (AvgIpc) is 3.80. The molecule has 1 N–H and O–H groups in total. The summed E-state index contributed by atoms with van der Waals surface area (Å²) in [4.78, 5) is 12.5. The van der Waals surface area contributed by atoms with Gasteiger partial charge in [0, 0.05) is 30.1 Å². The van der Waals surface area contributed by atoms with Crippen LogP contribution < -0.4 is 10.2 Å². The lowest BCUT2D eigenvalue weighted by molar-refractivity contribution is -0.0992. The monoisotopic (exact) mass is 626 g/mol. The van der Waals surface area contributed by atoms with Crippen molar-refractivity contribution in [1.29, 1.82) is 5.26 Å². The molecule has 2 fully saturated rings. The minimum atomic E-state index is -3.46. The lowest BCUT2D eigenvalue weighted by Crippen LogP contribution is -2.44. The highest BCUT2D eigenvalue weighted by molar-refractivity contribution is 5.84. The molecule has 1 saturated carbocycles. The van der Waals surface area contributed by atoms with Gasteiger partial charge in [-0.05, 0) is 70.2 Å². The molecule has 5 aliphatic rings. The summed E-state index contributed by atoms with van der Waals surface area (Å²) >= 11 is 0. The molecule has 1 aromatic carbocycles. The van der Waals surface area contributed by atoms with E-state index in [-0.39, 0.29) is 37.9 Å². The SMILES string of the molecule is C=C1C(C2(C#N)CC2)=Cc2c3ncnc2N1CCCCCCC(F)(F)CN1CCC(CC1)C(F)(F)c1cccc(c1F)[C@@H](C)N3. The fourth-order valence-corrected chi connectivity index (χ4v) is 7.08. The van der Waals surface area contributed by atoms with E-state index in [1.54, 1.807) is 11.8 Å². The molecule has 0 amide bonds. The molecular weight excluding hydrogens is 587 g/mol. The Balaban J connectivity index is 1.38. The van der Waals surface area contributed by atoms with Gasteiger partial charge in [-0.3, -0.25) is 4.90 Å². The molecule has 2 aromatic rings. The highest BCUT2D eigenvalue weighted by atomic mass is 19.3. The van der Waals surface area contributed by atoms with Crippen molar-refractivity contribution in [2.45, 2.75) is 82.6 Å². The van der Waals surface area contributed by atoms with Gasteiger partial charge >= 0.3 is 0 Å². The molecular formula is C34H39F5N6. The van der Waals surface area contributed by atoms with E-state index >= 15 is 13.2 Å². The van der Waals surface area contributed by atoms with E-state index in [1.165, 1.54) is 18.5 Å². The van der Waals surface area contributed by atoms with Gasteiger partial charge < -0.3 is 10.2 Å². The van der Waals surface area contributed by atoms with Gasteiger partial charge in [-0.25, -0.2) is 31.9 Å². The summed E-state index contributed by atoms with van der Waals surface area (Å²) in [5, 5.41) is 13.3. The zero-order chi connectivity index (χ0) is 32.0. The lowest BCUT2D eigenvalue weighted by Gasteiger charge is -2.37. The number of piperidine rings is 1. The first-order chi connectivity index (χ1) is 21.5. The van der Waals surface area contributed by atoms with Crippen molar-refractivity contribution in [2.75, 3.05) is 36.4 Å². The number of aromatic nitrogens is 2. The van der Waals surface area contributed by atoms with Crippen LogP contribution in [0, 0.1) is 28.5 Å². The number of rotatable bonds is 1. The Bertz CT molecular complexity index is 1520. The van der Waals surface area contributed by atoms with E-state index in [0.29, 0.717) is 61.5 Å². The minimum Gasteiger partial charge on any atom is -0.363 e. The maximum atomic E-state index is 16.0. The van der Waals surface area contributed by atoms with Crippen molar-refractivity contribution in [3.05, 3.63) is 64.9 Å². The van der Waals surface area contributed by atoms with E-state index in [1.807, 2.05) is 11.0 Å². The molecule has 7 rings (SSSR count). The van der Waals surface area contributed by atoms with Crippen molar-refractivity contribution in [2.24, 2.45) is 11.3 Å². The quantitative estimate of drug-likeness (QED) is 0.322. The fourth-order valence-electron chi connectivity index (χ4n) is 7.08. The third kappa shape index (κ3) is 6.06. The van der Waals surface area contributed by atoms with E-state index in [4.69, 9.17) is 0 Å². The standard InChI is InChI=1S/C34H39F5N6/c1-22-25-8-7-9-27(29(25)35)34(38,39)24-10-16-44(17-11-24)20-33(36,37)12-5-3-4-6-15-45-23(2)28(32(19-40)13-14-32)18-26-30(43-22)41-21-42-31(26)45/h7-9,18,21-22,24H,2-6,10-17,20H2,1H3,(H,41,42,43)/t22-/m1/s1. The Morgan fingerprint density at radius 1 is 1.00 bits per heavy atom. The van der Waals surface area contributed by atoms with E-state index < -0.39 is 47.1 Å². The summed E-state index contributed by atoms with van der Waals surface area (Å²) < 4.78 is 77.4. The summed E-state index contributed by atoms with van der Waals surface area (Å²) in [5.41, 5.74) is 0.780. The maximum Gasteiger partial charge on any atom is 0.278 e. The Kier molecular flexibility index (Phi) is 8.40. The largest absolute Gasteiger partial charge is 0.363 e. The number of alkyl halides is 4. The van der Waals surface area contributed by atoms with Gasteiger partial charge in [-0.15, -0.1) is 0 Å². The predicted molar refractivity (Wildman–Crippen MR) is 163 cm³/mol. The molecule has 1 saturated heterocycles. The first-order valence-electron chi connectivity index (χ1n) is 15.9. The second kappa shape index (κ2) is 12.0.